The fourth-order valence-corrected chi connectivity index (χ4v) is 4.01. The van der Waals surface area contributed by atoms with Crippen LogP contribution in [0.25, 0.3) is 10.9 Å². The van der Waals surface area contributed by atoms with Gasteiger partial charge < -0.3 is 15.2 Å². The SMILES string of the molecule is CN(C(=O)c1cc2ccccc2[nH]c1=O)C1CC2CCC(C1)N2.Cl. The number of nitrogens with one attached hydrogen (secondary N) is 2. The number of nitrogens with zero attached hydrogens (tertiary/aromatic N) is 1. The van der Waals surface area contributed by atoms with Crippen LogP contribution in [0.1, 0.15) is 36.0 Å². The molecule has 4 rings (SSSR count). The van der Waals surface area contributed by atoms with Gasteiger partial charge in [0.15, 0.2) is 0 Å². The first-order valence-corrected chi connectivity index (χ1v) is 8.27. The molecule has 2 unspecified atom stereocenters. The number of aromatic amines is 1. The third-order valence-electron chi connectivity index (χ3n) is 5.30. The highest BCUT2D eigenvalue weighted by molar-refractivity contribution is 5.97. The Morgan fingerprint density at radius 2 is 1.83 bits per heavy atom. The van der Waals surface area contributed by atoms with Gasteiger partial charge in [-0.15, -0.1) is 12.4 Å². The number of piperidine rings is 1. The van der Waals surface area contributed by atoms with E-state index in [1.165, 1.54) is 12.8 Å². The molecule has 2 N–H and O–H groups in total. The van der Waals surface area contributed by atoms with Crippen LogP contribution in [0.2, 0.25) is 0 Å². The summed E-state index contributed by atoms with van der Waals surface area (Å²) in [5.74, 6) is -0.177. The van der Waals surface area contributed by atoms with Crippen LogP contribution >= 0.6 is 12.4 Å². The Hall–Kier alpha value is -1.85. The molecule has 5 nitrogen and oxygen atoms in total. The molecular weight excluding hydrogens is 326 g/mol. The highest BCUT2D eigenvalue weighted by Crippen LogP contribution is 2.29. The molecule has 0 spiro atoms. The van der Waals surface area contributed by atoms with Gasteiger partial charge in [0.25, 0.3) is 11.5 Å². The molecule has 128 valence electrons. The van der Waals surface area contributed by atoms with Crippen molar-refractivity contribution in [2.45, 2.75) is 43.8 Å². The van der Waals surface area contributed by atoms with E-state index in [1.54, 1.807) is 11.0 Å². The molecular formula is C18H22ClN3O2. The summed E-state index contributed by atoms with van der Waals surface area (Å²) in [4.78, 5) is 29.7. The molecule has 1 aromatic heterocycles. The number of H-pyrrole nitrogens is 1. The first kappa shape index (κ1) is 17.0. The van der Waals surface area contributed by atoms with E-state index >= 15 is 0 Å². The van der Waals surface area contributed by atoms with Gasteiger partial charge in [0.2, 0.25) is 0 Å². The number of carbonyl (C=O) groups is 1. The number of pyridine rings is 1. The number of benzene rings is 1. The molecule has 1 amide bonds. The number of aromatic nitrogens is 1. The van der Waals surface area contributed by atoms with E-state index in [-0.39, 0.29) is 35.5 Å². The second kappa shape index (κ2) is 6.57. The molecule has 2 atom stereocenters. The second-order valence-corrected chi connectivity index (χ2v) is 6.78. The van der Waals surface area contributed by atoms with Crippen molar-refractivity contribution >= 4 is 29.2 Å². The minimum absolute atomic E-state index is 0. The normalized spacial score (nSPS) is 25.3. The van der Waals surface area contributed by atoms with Crippen molar-refractivity contribution in [2.75, 3.05) is 7.05 Å². The van der Waals surface area contributed by atoms with Gasteiger partial charge in [0.05, 0.1) is 0 Å². The Morgan fingerprint density at radius 1 is 1.17 bits per heavy atom. The van der Waals surface area contributed by atoms with Gasteiger partial charge in [-0.2, -0.15) is 0 Å². The summed E-state index contributed by atoms with van der Waals surface area (Å²) in [5.41, 5.74) is 0.686. The summed E-state index contributed by atoms with van der Waals surface area (Å²) in [7, 11) is 1.83. The van der Waals surface area contributed by atoms with Crippen molar-refractivity contribution in [2.24, 2.45) is 0 Å². The van der Waals surface area contributed by atoms with Gasteiger partial charge in [-0.3, -0.25) is 9.59 Å². The lowest BCUT2D eigenvalue weighted by molar-refractivity contribution is 0.0680. The van der Waals surface area contributed by atoms with E-state index in [0.29, 0.717) is 12.1 Å². The summed E-state index contributed by atoms with van der Waals surface area (Å²) in [6, 6.07) is 10.5. The van der Waals surface area contributed by atoms with Gasteiger partial charge in [-0.05, 0) is 43.2 Å². The topological polar surface area (TPSA) is 65.2 Å². The van der Waals surface area contributed by atoms with E-state index < -0.39 is 0 Å². The predicted molar refractivity (Wildman–Crippen MR) is 96.9 cm³/mol. The molecule has 2 aromatic rings. The lowest BCUT2D eigenvalue weighted by Gasteiger charge is -2.35. The maximum absolute atomic E-state index is 12.8. The Balaban J connectivity index is 0.00000169. The van der Waals surface area contributed by atoms with Crippen molar-refractivity contribution in [3.8, 4) is 0 Å². The zero-order valence-corrected chi connectivity index (χ0v) is 14.4. The Bertz CT molecular complexity index is 807. The smallest absolute Gasteiger partial charge is 0.261 e. The average Bonchev–Trinajstić information content (AvgIpc) is 2.91. The molecule has 2 saturated heterocycles. The van der Waals surface area contributed by atoms with Crippen LogP contribution in [0.5, 0.6) is 0 Å². The zero-order valence-electron chi connectivity index (χ0n) is 13.6. The van der Waals surface area contributed by atoms with Crippen LogP contribution in [-0.4, -0.2) is 41.0 Å². The zero-order chi connectivity index (χ0) is 16.0. The standard InChI is InChI=1S/C18H21N3O2.ClH/c1-21(14-9-12-6-7-13(10-14)19-12)18(23)15-8-11-4-2-3-5-16(11)20-17(15)22;/h2-5,8,12-14,19H,6-7,9-10H2,1H3,(H,20,22);1H. The highest BCUT2D eigenvalue weighted by Gasteiger charge is 2.36. The third-order valence-corrected chi connectivity index (χ3v) is 5.30. The first-order valence-electron chi connectivity index (χ1n) is 8.27. The number of amides is 1. The maximum Gasteiger partial charge on any atom is 0.261 e. The summed E-state index contributed by atoms with van der Waals surface area (Å²) in [5, 5.41) is 4.47. The second-order valence-electron chi connectivity index (χ2n) is 6.78. The number of hydrogen-bond acceptors (Lipinski definition) is 3. The molecule has 0 aliphatic carbocycles. The number of halogens is 1. The van der Waals surface area contributed by atoms with Crippen molar-refractivity contribution < 1.29 is 4.79 Å². The minimum Gasteiger partial charge on any atom is -0.338 e. The molecule has 2 fully saturated rings. The first-order chi connectivity index (χ1) is 11.1. The summed E-state index contributed by atoms with van der Waals surface area (Å²) < 4.78 is 0. The molecule has 6 heteroatoms. The van der Waals surface area contributed by atoms with Gasteiger partial charge in [-0.1, -0.05) is 18.2 Å². The number of hydrogen-bond donors (Lipinski definition) is 2. The number of fused-ring (bicyclic) bond motifs is 3. The van der Waals surface area contributed by atoms with Crippen LogP contribution in [0.4, 0.5) is 0 Å². The Labute approximate surface area is 146 Å². The van der Waals surface area contributed by atoms with Gasteiger partial charge in [0.1, 0.15) is 5.56 Å². The molecule has 3 heterocycles. The lowest BCUT2D eigenvalue weighted by Crippen LogP contribution is -2.49. The quantitative estimate of drug-likeness (QED) is 0.876. The Morgan fingerprint density at radius 3 is 2.54 bits per heavy atom. The number of carbonyl (C=O) groups excluding carboxylic acids is 1. The van der Waals surface area contributed by atoms with E-state index in [1.807, 2.05) is 31.3 Å². The number of rotatable bonds is 2. The summed E-state index contributed by atoms with van der Waals surface area (Å²) in [6.45, 7) is 0. The lowest BCUT2D eigenvalue weighted by atomic mass is 9.98. The molecule has 0 saturated carbocycles. The van der Waals surface area contributed by atoms with Gasteiger partial charge in [-0.25, -0.2) is 0 Å². The highest BCUT2D eigenvalue weighted by atomic mass is 35.5. The van der Waals surface area contributed by atoms with E-state index in [0.717, 1.165) is 23.7 Å². The minimum atomic E-state index is -0.308. The molecule has 2 bridgehead atoms. The van der Waals surface area contributed by atoms with Crippen LogP contribution in [0.15, 0.2) is 35.1 Å². The van der Waals surface area contributed by atoms with E-state index in [4.69, 9.17) is 0 Å². The van der Waals surface area contributed by atoms with E-state index in [2.05, 4.69) is 10.3 Å². The fourth-order valence-electron chi connectivity index (χ4n) is 4.01. The Kier molecular flexibility index (Phi) is 4.65. The van der Waals surface area contributed by atoms with Crippen LogP contribution in [-0.2, 0) is 0 Å². The molecule has 1 aromatic carbocycles. The molecule has 2 aliphatic heterocycles. The molecule has 24 heavy (non-hydrogen) atoms. The van der Waals surface area contributed by atoms with E-state index in [9.17, 15) is 9.59 Å². The molecule has 2 aliphatic rings. The summed E-state index contributed by atoms with van der Waals surface area (Å²) in [6.07, 6.45) is 4.34. The fraction of sp³-hybridized carbons (Fsp3) is 0.444. The maximum atomic E-state index is 12.8. The summed E-state index contributed by atoms with van der Waals surface area (Å²) >= 11 is 0. The van der Waals surface area contributed by atoms with Crippen LogP contribution < -0.4 is 10.9 Å². The predicted octanol–water partition coefficient (Wildman–Crippen LogP) is 2.30. The average molecular weight is 348 g/mol. The largest absolute Gasteiger partial charge is 0.338 e. The van der Waals surface area contributed by atoms with Crippen molar-refractivity contribution in [3.63, 3.8) is 0 Å². The van der Waals surface area contributed by atoms with Gasteiger partial charge >= 0.3 is 0 Å². The van der Waals surface area contributed by atoms with Crippen molar-refractivity contribution in [3.05, 3.63) is 46.2 Å². The molecule has 0 radical (unpaired) electrons. The van der Waals surface area contributed by atoms with Crippen molar-refractivity contribution in [1.29, 1.82) is 0 Å². The third kappa shape index (κ3) is 2.94. The number of para-hydroxylation sites is 1. The van der Waals surface area contributed by atoms with Crippen LogP contribution in [0, 0.1) is 0 Å². The van der Waals surface area contributed by atoms with Gasteiger partial charge in [0, 0.05) is 30.7 Å². The monoisotopic (exact) mass is 347 g/mol. The van der Waals surface area contributed by atoms with Crippen LogP contribution in [0.3, 0.4) is 0 Å². The van der Waals surface area contributed by atoms with Crippen molar-refractivity contribution in [1.82, 2.24) is 15.2 Å².